The molecule has 178 valence electrons. The molecule has 0 saturated carbocycles. The van der Waals surface area contributed by atoms with Crippen LogP contribution in [0.5, 0.6) is 0 Å². The normalized spacial score (nSPS) is 15.1. The van der Waals surface area contributed by atoms with Gasteiger partial charge in [0.1, 0.15) is 10.6 Å². The summed E-state index contributed by atoms with van der Waals surface area (Å²) in [6.45, 7) is 7.01. The molecule has 0 aromatic carbocycles. The van der Waals surface area contributed by atoms with E-state index < -0.39 is 5.60 Å². The van der Waals surface area contributed by atoms with Crippen LogP contribution in [0.15, 0.2) is 37.1 Å². The Morgan fingerprint density at radius 2 is 2.00 bits per heavy atom. The number of aromatic nitrogens is 6. The first-order chi connectivity index (χ1) is 16.3. The lowest BCUT2D eigenvalue weighted by Gasteiger charge is -2.32. The van der Waals surface area contributed by atoms with Crippen LogP contribution in [0.1, 0.15) is 45.2 Å². The van der Waals surface area contributed by atoms with Crippen molar-refractivity contribution < 1.29 is 9.53 Å². The quantitative estimate of drug-likeness (QED) is 0.460. The molecule has 1 amide bonds. The second kappa shape index (κ2) is 8.71. The van der Waals surface area contributed by atoms with Crippen molar-refractivity contribution in [2.24, 2.45) is 7.05 Å². The molecule has 11 heteroatoms. The number of rotatable bonds is 4. The fourth-order valence-electron chi connectivity index (χ4n) is 4.12. The molecule has 5 heterocycles. The average Bonchev–Trinajstić information content (AvgIpc) is 3.52. The summed E-state index contributed by atoms with van der Waals surface area (Å²) in [5.41, 5.74) is 3.25. The minimum atomic E-state index is -0.478. The molecule has 1 N–H and O–H groups in total. The van der Waals surface area contributed by atoms with Crippen molar-refractivity contribution in [2.75, 3.05) is 18.4 Å². The number of fused-ring (bicyclic) bond motifs is 1. The first-order valence-electron chi connectivity index (χ1n) is 11.3. The van der Waals surface area contributed by atoms with Gasteiger partial charge in [-0.15, -0.1) is 0 Å². The highest BCUT2D eigenvalue weighted by Crippen LogP contribution is 2.33. The first-order valence-corrected chi connectivity index (χ1v) is 12.1. The van der Waals surface area contributed by atoms with E-state index in [1.54, 1.807) is 15.8 Å². The monoisotopic (exact) mass is 480 g/mol. The number of nitrogens with zero attached hydrogens (tertiary/aromatic N) is 7. The van der Waals surface area contributed by atoms with E-state index in [1.165, 1.54) is 11.5 Å². The number of hydrogen-bond donors (Lipinski definition) is 1. The largest absolute Gasteiger partial charge is 0.444 e. The van der Waals surface area contributed by atoms with Gasteiger partial charge in [0.2, 0.25) is 0 Å². The Bertz CT molecular complexity index is 1310. The predicted octanol–water partition coefficient (Wildman–Crippen LogP) is 4.44. The summed E-state index contributed by atoms with van der Waals surface area (Å²) in [6.07, 6.45) is 10.8. The van der Waals surface area contributed by atoms with Crippen LogP contribution in [-0.4, -0.2) is 58.2 Å². The van der Waals surface area contributed by atoms with Gasteiger partial charge < -0.3 is 15.0 Å². The van der Waals surface area contributed by atoms with Crippen LogP contribution in [0.2, 0.25) is 0 Å². The van der Waals surface area contributed by atoms with E-state index in [0.717, 1.165) is 40.4 Å². The Morgan fingerprint density at radius 1 is 1.21 bits per heavy atom. The maximum absolute atomic E-state index is 12.3. The molecule has 10 nitrogen and oxygen atoms in total. The van der Waals surface area contributed by atoms with Crippen LogP contribution >= 0.6 is 11.5 Å². The summed E-state index contributed by atoms with van der Waals surface area (Å²) in [7, 11) is 1.89. The van der Waals surface area contributed by atoms with Crippen LogP contribution in [0.4, 0.5) is 15.6 Å². The molecular weight excluding hydrogens is 452 g/mol. The molecule has 0 unspecified atom stereocenters. The van der Waals surface area contributed by atoms with Crippen molar-refractivity contribution in [1.82, 2.24) is 33.4 Å². The molecule has 0 atom stereocenters. The van der Waals surface area contributed by atoms with E-state index in [4.69, 9.17) is 4.74 Å². The SMILES string of the molecule is Cn1cc(-c2cnc3c(Nc4cc(C5CCN(C(=O)OC(C)(C)C)CC5)ns4)nccn23)cn1. The molecule has 0 radical (unpaired) electrons. The van der Waals surface area contributed by atoms with Crippen LogP contribution in [-0.2, 0) is 11.8 Å². The van der Waals surface area contributed by atoms with E-state index in [2.05, 4.69) is 30.8 Å². The number of piperidine rings is 1. The van der Waals surface area contributed by atoms with Crippen molar-refractivity contribution in [3.05, 3.63) is 42.7 Å². The average molecular weight is 481 g/mol. The molecule has 0 aliphatic carbocycles. The molecule has 1 saturated heterocycles. The van der Waals surface area contributed by atoms with Crippen molar-refractivity contribution >= 4 is 34.1 Å². The Hall–Kier alpha value is -3.47. The van der Waals surface area contributed by atoms with Gasteiger partial charge in [0.15, 0.2) is 11.5 Å². The summed E-state index contributed by atoms with van der Waals surface area (Å²) < 4.78 is 13.9. The van der Waals surface area contributed by atoms with Crippen molar-refractivity contribution in [2.45, 2.75) is 45.1 Å². The van der Waals surface area contributed by atoms with Gasteiger partial charge in [-0.3, -0.25) is 9.08 Å². The Balaban J connectivity index is 1.27. The number of nitrogens with one attached hydrogen (secondary N) is 1. The van der Waals surface area contributed by atoms with Gasteiger partial charge in [-0.1, -0.05) is 0 Å². The zero-order valence-electron chi connectivity index (χ0n) is 19.7. The number of anilines is 2. The Morgan fingerprint density at radius 3 is 2.71 bits per heavy atom. The van der Waals surface area contributed by atoms with Gasteiger partial charge in [-0.2, -0.15) is 9.47 Å². The Labute approximate surface area is 201 Å². The van der Waals surface area contributed by atoms with Gasteiger partial charge in [0.25, 0.3) is 0 Å². The third-order valence-electron chi connectivity index (χ3n) is 5.76. The molecule has 0 bridgehead atoms. The summed E-state index contributed by atoms with van der Waals surface area (Å²) in [4.78, 5) is 23.2. The van der Waals surface area contributed by atoms with Crippen LogP contribution in [0.3, 0.4) is 0 Å². The second-order valence-electron chi connectivity index (χ2n) is 9.50. The van der Waals surface area contributed by atoms with Crippen molar-refractivity contribution in [3.8, 4) is 11.3 Å². The van der Waals surface area contributed by atoms with E-state index in [9.17, 15) is 4.79 Å². The Kier molecular flexibility index (Phi) is 5.72. The zero-order chi connectivity index (χ0) is 23.9. The molecular formula is C23H28N8O2S. The minimum Gasteiger partial charge on any atom is -0.444 e. The fraction of sp³-hybridized carbons (Fsp3) is 0.435. The second-order valence-corrected chi connectivity index (χ2v) is 10.3. The third kappa shape index (κ3) is 4.60. The van der Waals surface area contributed by atoms with Crippen LogP contribution in [0.25, 0.3) is 16.9 Å². The van der Waals surface area contributed by atoms with Crippen LogP contribution < -0.4 is 5.32 Å². The maximum Gasteiger partial charge on any atom is 0.410 e. The maximum atomic E-state index is 12.3. The highest BCUT2D eigenvalue weighted by molar-refractivity contribution is 7.10. The van der Waals surface area contributed by atoms with Crippen molar-refractivity contribution in [3.63, 3.8) is 0 Å². The van der Waals surface area contributed by atoms with Gasteiger partial charge >= 0.3 is 6.09 Å². The lowest BCUT2D eigenvalue weighted by molar-refractivity contribution is 0.0204. The molecule has 0 spiro atoms. The van der Waals surface area contributed by atoms with Gasteiger partial charge in [-0.05, 0) is 51.2 Å². The molecule has 1 fully saturated rings. The minimum absolute atomic E-state index is 0.240. The van der Waals surface area contributed by atoms with Gasteiger partial charge in [-0.25, -0.2) is 14.8 Å². The first kappa shape index (κ1) is 22.3. The zero-order valence-corrected chi connectivity index (χ0v) is 20.5. The number of amides is 1. The molecule has 4 aromatic heterocycles. The summed E-state index contributed by atoms with van der Waals surface area (Å²) in [5, 5.41) is 8.55. The summed E-state index contributed by atoms with van der Waals surface area (Å²) in [6, 6.07) is 2.08. The third-order valence-corrected chi connectivity index (χ3v) is 6.48. The number of carbonyl (C=O) groups is 1. The predicted molar refractivity (Wildman–Crippen MR) is 130 cm³/mol. The summed E-state index contributed by atoms with van der Waals surface area (Å²) in [5.74, 6) is 0.991. The molecule has 1 aliphatic heterocycles. The van der Waals surface area contributed by atoms with Crippen LogP contribution in [0, 0.1) is 0 Å². The lowest BCUT2D eigenvalue weighted by Crippen LogP contribution is -2.41. The number of likely N-dealkylation sites (tertiary alicyclic amines) is 1. The van der Waals surface area contributed by atoms with Gasteiger partial charge in [0, 0.05) is 50.2 Å². The van der Waals surface area contributed by atoms with E-state index in [0.29, 0.717) is 24.8 Å². The highest BCUT2D eigenvalue weighted by Gasteiger charge is 2.28. The van der Waals surface area contributed by atoms with Crippen molar-refractivity contribution in [1.29, 1.82) is 0 Å². The standard InChI is InChI=1S/C23H28N8O2S/c1-23(2,3)33-22(32)30-8-5-15(6-9-30)17-11-19(34-28-17)27-20-21-25-13-18(31(21)10-7-24-20)16-12-26-29(4)14-16/h7,10-15H,5-6,8-9H2,1-4H3,(H,24,27). The number of ether oxygens (including phenoxy) is 1. The fourth-order valence-corrected chi connectivity index (χ4v) is 4.84. The topological polar surface area (TPSA) is 102 Å². The number of hydrogen-bond acceptors (Lipinski definition) is 8. The molecule has 34 heavy (non-hydrogen) atoms. The lowest BCUT2D eigenvalue weighted by atomic mass is 9.94. The summed E-state index contributed by atoms with van der Waals surface area (Å²) >= 11 is 1.41. The number of imidazole rings is 1. The smallest absolute Gasteiger partial charge is 0.410 e. The number of carbonyl (C=O) groups excluding carboxylic acids is 1. The van der Waals surface area contributed by atoms with E-state index in [-0.39, 0.29) is 6.09 Å². The van der Waals surface area contributed by atoms with E-state index in [1.807, 2.05) is 57.0 Å². The molecule has 1 aliphatic rings. The van der Waals surface area contributed by atoms with Gasteiger partial charge in [0.05, 0.1) is 23.8 Å². The highest BCUT2D eigenvalue weighted by atomic mass is 32.1. The van der Waals surface area contributed by atoms with E-state index >= 15 is 0 Å². The molecule has 4 aromatic rings. The number of aryl methyl sites for hydroxylation is 1. The molecule has 5 rings (SSSR count).